The van der Waals surface area contributed by atoms with Gasteiger partial charge >= 0.3 is 0 Å². The SMILES string of the molecule is CC1(C)CCC(C)(C)c2cc(-c3ccc4c(c3)oc3cc(-c5ccc6c(c5)oc5ccccc56)cc(-c5c6ccccc6c(-c6ccccc6)c6ccccc56)c34)ccc21. The van der Waals surface area contributed by atoms with E-state index in [0.29, 0.717) is 0 Å². The lowest BCUT2D eigenvalue weighted by Crippen LogP contribution is -2.33. The van der Waals surface area contributed by atoms with E-state index in [-0.39, 0.29) is 10.8 Å². The highest BCUT2D eigenvalue weighted by atomic mass is 16.3. The molecule has 0 unspecified atom stereocenters. The Bertz CT molecular complexity index is 3480. The van der Waals surface area contributed by atoms with Gasteiger partial charge in [0.15, 0.2) is 0 Å². The monoisotopic (exact) mass is 772 g/mol. The lowest BCUT2D eigenvalue weighted by Gasteiger charge is -2.42. The van der Waals surface area contributed by atoms with Gasteiger partial charge in [0.2, 0.25) is 0 Å². The average molecular weight is 773 g/mol. The van der Waals surface area contributed by atoms with Crippen LogP contribution in [-0.2, 0) is 10.8 Å². The zero-order valence-electron chi connectivity index (χ0n) is 34.4. The van der Waals surface area contributed by atoms with E-state index in [1.807, 2.05) is 12.1 Å². The van der Waals surface area contributed by atoms with Gasteiger partial charge in [-0.1, -0.05) is 155 Å². The number of rotatable bonds is 4. The lowest BCUT2D eigenvalue weighted by atomic mass is 9.63. The first-order valence-corrected chi connectivity index (χ1v) is 21.3. The zero-order chi connectivity index (χ0) is 40.3. The number of hydrogen-bond donors (Lipinski definition) is 0. The van der Waals surface area contributed by atoms with Gasteiger partial charge in [0, 0.05) is 21.5 Å². The highest BCUT2D eigenvalue weighted by molar-refractivity contribution is 6.26. The molecular weight excluding hydrogens is 729 g/mol. The minimum absolute atomic E-state index is 0.128. The van der Waals surface area contributed by atoms with Gasteiger partial charge in [-0.15, -0.1) is 0 Å². The standard InChI is InChI=1S/C58H44O2/c1-57(2)28-29-58(3,4)49-31-36(24-27-48(49)57)37-23-26-46-52(32-37)60-53-34-39(38-22-25-41-40-16-12-13-21-50(40)59-51(41)33-38)30-47(56(46)53)55-44-19-10-8-17-42(44)54(35-14-6-5-7-15-35)43-18-9-11-20-45(43)55/h5-27,30-34H,28-29H2,1-4H3. The summed E-state index contributed by atoms with van der Waals surface area (Å²) in [5, 5.41) is 9.38. The molecule has 0 atom stereocenters. The van der Waals surface area contributed by atoms with Gasteiger partial charge in [-0.2, -0.15) is 0 Å². The number of benzene rings is 9. The molecule has 0 amide bonds. The first-order chi connectivity index (χ1) is 29.2. The van der Waals surface area contributed by atoms with E-state index in [1.165, 1.54) is 73.3 Å². The predicted molar refractivity (Wildman–Crippen MR) is 253 cm³/mol. The van der Waals surface area contributed by atoms with Crippen LogP contribution >= 0.6 is 0 Å². The summed E-state index contributed by atoms with van der Waals surface area (Å²) in [6.45, 7) is 9.59. The van der Waals surface area contributed by atoms with Crippen molar-refractivity contribution in [1.29, 1.82) is 0 Å². The van der Waals surface area contributed by atoms with Crippen LogP contribution < -0.4 is 0 Å². The summed E-state index contributed by atoms with van der Waals surface area (Å²) in [6.07, 6.45) is 2.39. The van der Waals surface area contributed by atoms with Gasteiger partial charge in [-0.3, -0.25) is 0 Å². The van der Waals surface area contributed by atoms with Crippen LogP contribution in [0.15, 0.2) is 179 Å². The summed E-state index contributed by atoms with van der Waals surface area (Å²) >= 11 is 0. The van der Waals surface area contributed by atoms with Gasteiger partial charge < -0.3 is 8.83 Å². The van der Waals surface area contributed by atoms with Gasteiger partial charge in [0.25, 0.3) is 0 Å². The Morgan fingerprint density at radius 2 is 0.817 bits per heavy atom. The van der Waals surface area contributed by atoms with Crippen LogP contribution in [0.5, 0.6) is 0 Å². The van der Waals surface area contributed by atoms with Crippen LogP contribution in [0.1, 0.15) is 51.7 Å². The second-order valence-corrected chi connectivity index (χ2v) is 18.3. The maximum Gasteiger partial charge on any atom is 0.136 e. The Balaban J connectivity index is 1.14. The quantitative estimate of drug-likeness (QED) is 0.167. The third kappa shape index (κ3) is 5.26. The molecule has 0 aliphatic heterocycles. The maximum absolute atomic E-state index is 7.05. The first-order valence-electron chi connectivity index (χ1n) is 21.3. The van der Waals surface area contributed by atoms with Crippen molar-refractivity contribution < 1.29 is 8.83 Å². The van der Waals surface area contributed by atoms with E-state index in [0.717, 1.165) is 60.6 Å². The predicted octanol–water partition coefficient (Wildman–Crippen LogP) is 16.8. The molecule has 0 saturated heterocycles. The topological polar surface area (TPSA) is 26.3 Å². The van der Waals surface area contributed by atoms with E-state index < -0.39 is 0 Å². The molecule has 2 nitrogen and oxygen atoms in total. The van der Waals surface area contributed by atoms with Crippen LogP contribution in [0.4, 0.5) is 0 Å². The molecule has 0 radical (unpaired) electrons. The molecule has 1 aliphatic rings. The fraction of sp³-hybridized carbons (Fsp3) is 0.138. The Morgan fingerprint density at radius 3 is 1.52 bits per heavy atom. The van der Waals surface area contributed by atoms with E-state index >= 15 is 0 Å². The summed E-state index contributed by atoms with van der Waals surface area (Å²) in [5.74, 6) is 0. The second-order valence-electron chi connectivity index (χ2n) is 18.3. The summed E-state index contributed by atoms with van der Waals surface area (Å²) in [6, 6.07) is 62.2. The number of hydrogen-bond acceptors (Lipinski definition) is 2. The molecule has 2 heteroatoms. The molecule has 9 aromatic carbocycles. The Hall–Kier alpha value is -6.90. The van der Waals surface area contributed by atoms with Crippen molar-refractivity contribution >= 4 is 65.4 Å². The number of fused-ring (bicyclic) bond motifs is 9. The van der Waals surface area contributed by atoms with Crippen molar-refractivity contribution in [2.24, 2.45) is 0 Å². The molecule has 0 spiro atoms. The first kappa shape index (κ1) is 35.1. The molecular formula is C58H44O2. The summed E-state index contributed by atoms with van der Waals surface area (Å²) < 4.78 is 13.5. The molecule has 2 heterocycles. The van der Waals surface area contributed by atoms with Crippen LogP contribution in [-0.4, -0.2) is 0 Å². The molecule has 2 aromatic heterocycles. The molecule has 1 aliphatic carbocycles. The molecule has 0 bridgehead atoms. The molecule has 60 heavy (non-hydrogen) atoms. The molecule has 12 rings (SSSR count). The fourth-order valence-corrected chi connectivity index (χ4v) is 10.5. The van der Waals surface area contributed by atoms with E-state index in [1.54, 1.807) is 0 Å². The molecule has 288 valence electrons. The highest BCUT2D eigenvalue weighted by Crippen LogP contribution is 2.50. The third-order valence-electron chi connectivity index (χ3n) is 13.7. The number of furan rings is 2. The van der Waals surface area contributed by atoms with Gasteiger partial charge in [-0.25, -0.2) is 0 Å². The van der Waals surface area contributed by atoms with Gasteiger partial charge in [-0.05, 0) is 143 Å². The van der Waals surface area contributed by atoms with E-state index in [4.69, 9.17) is 8.83 Å². The van der Waals surface area contributed by atoms with Crippen molar-refractivity contribution in [3.05, 3.63) is 181 Å². The number of para-hydroxylation sites is 1. The summed E-state index contributed by atoms with van der Waals surface area (Å²) in [4.78, 5) is 0. The van der Waals surface area contributed by atoms with Crippen molar-refractivity contribution in [3.8, 4) is 44.5 Å². The molecule has 0 fully saturated rings. The van der Waals surface area contributed by atoms with Crippen LogP contribution in [0.25, 0.3) is 110 Å². The minimum Gasteiger partial charge on any atom is -0.456 e. The molecule has 0 saturated carbocycles. The average Bonchev–Trinajstić information content (AvgIpc) is 3.84. The van der Waals surface area contributed by atoms with Gasteiger partial charge in [0.1, 0.15) is 22.3 Å². The van der Waals surface area contributed by atoms with Crippen molar-refractivity contribution in [3.63, 3.8) is 0 Å². The van der Waals surface area contributed by atoms with Crippen LogP contribution in [0.3, 0.4) is 0 Å². The normalized spacial score (nSPS) is 14.8. The van der Waals surface area contributed by atoms with E-state index in [2.05, 4.69) is 185 Å². The molecule has 0 N–H and O–H groups in total. The Kier molecular flexibility index (Phi) is 7.48. The second kappa shape index (κ2) is 12.8. The smallest absolute Gasteiger partial charge is 0.136 e. The largest absolute Gasteiger partial charge is 0.456 e. The van der Waals surface area contributed by atoms with E-state index in [9.17, 15) is 0 Å². The van der Waals surface area contributed by atoms with Crippen LogP contribution in [0.2, 0.25) is 0 Å². The van der Waals surface area contributed by atoms with Gasteiger partial charge in [0.05, 0.1) is 0 Å². The highest BCUT2D eigenvalue weighted by Gasteiger charge is 2.37. The molecule has 11 aromatic rings. The van der Waals surface area contributed by atoms with Crippen molar-refractivity contribution in [2.75, 3.05) is 0 Å². The van der Waals surface area contributed by atoms with Crippen molar-refractivity contribution in [1.82, 2.24) is 0 Å². The fourth-order valence-electron chi connectivity index (χ4n) is 10.5. The summed E-state index contributed by atoms with van der Waals surface area (Å²) in [5.41, 5.74) is 16.2. The maximum atomic E-state index is 7.05. The minimum atomic E-state index is 0.128. The van der Waals surface area contributed by atoms with Crippen molar-refractivity contribution in [2.45, 2.75) is 51.4 Å². The zero-order valence-corrected chi connectivity index (χ0v) is 34.4. The summed E-state index contributed by atoms with van der Waals surface area (Å²) in [7, 11) is 0. The Morgan fingerprint density at radius 1 is 0.333 bits per heavy atom. The lowest BCUT2D eigenvalue weighted by molar-refractivity contribution is 0.332. The Labute approximate surface area is 349 Å². The third-order valence-corrected chi connectivity index (χ3v) is 13.7. The van der Waals surface area contributed by atoms with Crippen LogP contribution in [0, 0.1) is 0 Å².